The minimum absolute atomic E-state index is 0. The first-order chi connectivity index (χ1) is 7.03. The van der Waals surface area contributed by atoms with Gasteiger partial charge in [-0.3, -0.25) is 0 Å². The van der Waals surface area contributed by atoms with Crippen molar-refractivity contribution in [3.05, 3.63) is 0 Å². The molecule has 0 atom stereocenters. The topological polar surface area (TPSA) is 0 Å². The van der Waals surface area contributed by atoms with E-state index in [0.717, 1.165) is 24.3 Å². The van der Waals surface area contributed by atoms with E-state index in [4.69, 9.17) is 0 Å². The molecule has 0 aromatic carbocycles. The van der Waals surface area contributed by atoms with Crippen LogP contribution in [0.3, 0.4) is 0 Å². The van der Waals surface area contributed by atoms with Crippen molar-refractivity contribution in [1.82, 2.24) is 0 Å². The van der Waals surface area contributed by atoms with Crippen LogP contribution in [0.4, 0.5) is 0 Å². The van der Waals surface area contributed by atoms with Gasteiger partial charge in [0.15, 0.2) is 6.71 Å². The van der Waals surface area contributed by atoms with Gasteiger partial charge in [0.1, 0.15) is 0 Å². The molecule has 0 amide bonds. The van der Waals surface area contributed by atoms with E-state index < -0.39 is 0 Å². The summed E-state index contributed by atoms with van der Waals surface area (Å²) in [6, 6.07) is 0. The maximum atomic E-state index is 2.53. The van der Waals surface area contributed by atoms with Crippen LogP contribution in [0.15, 0.2) is 0 Å². The van der Waals surface area contributed by atoms with Crippen LogP contribution >= 0.6 is 0 Å². The van der Waals surface area contributed by atoms with Gasteiger partial charge < -0.3 is 0 Å². The van der Waals surface area contributed by atoms with E-state index in [1.807, 2.05) is 0 Å². The predicted octanol–water partition coefficient (Wildman–Crippen LogP) is 4.64. The van der Waals surface area contributed by atoms with Gasteiger partial charge in [-0.25, -0.2) is 0 Å². The van der Waals surface area contributed by atoms with Crippen LogP contribution < -0.4 is 0 Å². The smallest absolute Gasteiger partial charge is 0.0662 e. The molecular weight excluding hydrogens is 186 g/mol. The van der Waals surface area contributed by atoms with Crippen molar-refractivity contribution in [2.24, 2.45) is 5.92 Å². The molecule has 2 aliphatic heterocycles. The maximum absolute atomic E-state index is 2.53. The van der Waals surface area contributed by atoms with Crippen molar-refractivity contribution in [1.29, 1.82) is 0 Å². The van der Waals surface area contributed by atoms with Crippen molar-refractivity contribution in [3.63, 3.8) is 0 Å². The van der Waals surface area contributed by atoms with Crippen LogP contribution in [0.1, 0.15) is 66.2 Å². The number of rotatable bonds is 2. The average molecular weight is 213 g/mol. The Kier molecular flexibility index (Phi) is 5.09. The molecule has 0 spiro atoms. The third kappa shape index (κ3) is 2.57. The molecule has 1 radical (unpaired) electrons. The summed E-state index contributed by atoms with van der Waals surface area (Å²) >= 11 is 0. The van der Waals surface area contributed by atoms with Crippen LogP contribution in [-0.2, 0) is 0 Å². The minimum Gasteiger partial charge on any atom is -0.0662 e. The van der Waals surface area contributed by atoms with Crippen LogP contribution in [0, 0.1) is 5.92 Å². The van der Waals surface area contributed by atoms with Gasteiger partial charge in [0, 0.05) is 18.9 Å². The fourth-order valence-corrected chi connectivity index (χ4v) is 4.28. The largest absolute Gasteiger partial charge is 0.152 e. The fraction of sp³-hybridized carbons (Fsp3) is 1.00. The van der Waals surface area contributed by atoms with Crippen molar-refractivity contribution in [2.75, 3.05) is 0 Å². The summed E-state index contributed by atoms with van der Waals surface area (Å²) < 4.78 is 0. The molecule has 2 bridgehead atoms. The molecule has 2 heterocycles. The molecule has 0 aromatic rings. The molecule has 0 N–H and O–H groups in total. The molecule has 0 unspecified atom stereocenters. The van der Waals surface area contributed by atoms with Crippen LogP contribution in [-0.4, -0.2) is 25.6 Å². The Morgan fingerprint density at radius 3 is 1.62 bits per heavy atom. The number of fused-ring (bicyclic) bond motifs is 2. The van der Waals surface area contributed by atoms with Crippen molar-refractivity contribution in [3.8, 4) is 0 Å². The molecule has 2 rings (SSSR count). The van der Waals surface area contributed by atoms with E-state index in [9.17, 15) is 0 Å². The summed E-state index contributed by atoms with van der Waals surface area (Å²) in [5.41, 5.74) is 0. The molecule has 0 nitrogen and oxygen atoms in total. The van der Waals surface area contributed by atoms with E-state index in [-0.39, 0.29) is 18.9 Å². The number of hydrogen-bond acceptors (Lipinski definition) is 0. The minimum atomic E-state index is 0. The normalized spacial score (nSPS) is 30.2. The Morgan fingerprint density at radius 2 is 1.31 bits per heavy atom. The summed E-state index contributed by atoms with van der Waals surface area (Å²) in [5.74, 6) is 2.97. The Bertz CT molecular complexity index is 203. The zero-order valence-corrected chi connectivity index (χ0v) is 12.1. The molecule has 0 aliphatic carbocycles. The Balaban J connectivity index is 0.00000128. The van der Waals surface area contributed by atoms with Gasteiger partial charge in [0.2, 0.25) is 0 Å². The third-order valence-electron chi connectivity index (χ3n) is 5.66. The molecule has 87 valence electrons. The fourth-order valence-electron chi connectivity index (χ4n) is 4.28. The van der Waals surface area contributed by atoms with Crippen LogP contribution in [0.25, 0.3) is 0 Å². The summed E-state index contributed by atoms with van der Waals surface area (Å²) in [7, 11) is 0. The first kappa shape index (κ1) is 14.7. The predicted molar refractivity (Wildman–Crippen MR) is 75.6 cm³/mol. The van der Waals surface area contributed by atoms with Gasteiger partial charge in [0.05, 0.1) is 0 Å². The molecular formula is C14H27BLi. The van der Waals surface area contributed by atoms with Crippen molar-refractivity contribution >= 4 is 25.6 Å². The molecule has 0 saturated carbocycles. The second-order valence-electron chi connectivity index (χ2n) is 6.88. The van der Waals surface area contributed by atoms with Gasteiger partial charge in [0.25, 0.3) is 0 Å². The number of hydrogen-bond donors (Lipinski definition) is 0. The summed E-state index contributed by atoms with van der Waals surface area (Å²) in [5, 5.41) is 0.566. The first-order valence-corrected chi connectivity index (χ1v) is 7.03. The van der Waals surface area contributed by atoms with E-state index >= 15 is 0 Å². The summed E-state index contributed by atoms with van der Waals surface area (Å²) in [4.78, 5) is 0. The zero-order valence-electron chi connectivity index (χ0n) is 12.1. The monoisotopic (exact) mass is 213 g/mol. The second kappa shape index (κ2) is 5.54. The maximum Gasteiger partial charge on any atom is 0.152 e. The van der Waals surface area contributed by atoms with Crippen LogP contribution in [0.5, 0.6) is 0 Å². The first-order valence-electron chi connectivity index (χ1n) is 7.03. The van der Waals surface area contributed by atoms with Crippen LogP contribution in [0.2, 0.25) is 16.9 Å². The van der Waals surface area contributed by atoms with E-state index in [1.54, 1.807) is 0 Å². The zero-order chi connectivity index (χ0) is 11.1. The van der Waals surface area contributed by atoms with E-state index in [2.05, 4.69) is 27.7 Å². The molecule has 2 saturated heterocycles. The van der Waals surface area contributed by atoms with Gasteiger partial charge in [-0.2, -0.15) is 0 Å². The quantitative estimate of drug-likeness (QED) is 0.586. The molecule has 16 heavy (non-hydrogen) atoms. The van der Waals surface area contributed by atoms with Gasteiger partial charge in [-0.05, 0) is 5.92 Å². The molecule has 2 heteroatoms. The SMILES string of the molecule is CC(C)C(C)(C)B1C2CCCC1CCC2.[Li]. The van der Waals surface area contributed by atoms with E-state index in [0.29, 0.717) is 5.31 Å². The molecule has 2 aliphatic rings. The van der Waals surface area contributed by atoms with Gasteiger partial charge in [-0.15, -0.1) is 0 Å². The second-order valence-corrected chi connectivity index (χ2v) is 6.88. The van der Waals surface area contributed by atoms with E-state index in [1.165, 1.54) is 38.5 Å². The van der Waals surface area contributed by atoms with Crippen molar-refractivity contribution in [2.45, 2.75) is 83.2 Å². The average Bonchev–Trinajstić information content (AvgIpc) is 2.16. The Labute approximate surface area is 115 Å². The third-order valence-corrected chi connectivity index (χ3v) is 5.66. The summed E-state index contributed by atoms with van der Waals surface area (Å²) in [6.07, 6.45) is 9.13. The summed E-state index contributed by atoms with van der Waals surface area (Å²) in [6.45, 7) is 10.9. The van der Waals surface area contributed by atoms with Gasteiger partial charge in [-0.1, -0.05) is 83.2 Å². The Hall–Kier alpha value is 0.662. The van der Waals surface area contributed by atoms with Crippen molar-refractivity contribution < 1.29 is 0 Å². The molecule has 0 aromatic heterocycles. The van der Waals surface area contributed by atoms with Gasteiger partial charge >= 0.3 is 0 Å². The standard InChI is InChI=1S/C14H27B.Li/c1-11(2)14(3,4)15-12-7-5-8-13(15)10-6-9-12;/h11-13H,5-10H2,1-4H3;. The molecule has 2 fully saturated rings. The Morgan fingerprint density at radius 1 is 0.938 bits per heavy atom.